The highest BCUT2D eigenvalue weighted by molar-refractivity contribution is 5.70. The largest absolute Gasteiger partial charge is 0.481 e. The van der Waals surface area contributed by atoms with Gasteiger partial charge in [-0.3, -0.25) is 4.79 Å². The molecular formula is C18H28O4. The Balaban J connectivity index is 2.37. The van der Waals surface area contributed by atoms with Crippen LogP contribution in [0.3, 0.4) is 0 Å². The molecule has 0 aliphatic heterocycles. The van der Waals surface area contributed by atoms with Crippen LogP contribution in [0.1, 0.15) is 45.6 Å². The number of carbonyl (C=O) groups is 1. The summed E-state index contributed by atoms with van der Waals surface area (Å²) in [4.78, 5) is 10.8. The van der Waals surface area contributed by atoms with E-state index < -0.39 is 18.0 Å². The van der Waals surface area contributed by atoms with Crippen LogP contribution in [0.2, 0.25) is 0 Å². The highest BCUT2D eigenvalue weighted by Gasteiger charge is 2.22. The third-order valence-electron chi connectivity index (χ3n) is 4.01. The predicted molar refractivity (Wildman–Crippen MR) is 86.5 cm³/mol. The zero-order chi connectivity index (χ0) is 16.5. The Hall–Kier alpha value is -1.39. The first-order valence-electron chi connectivity index (χ1n) is 7.98. The van der Waals surface area contributed by atoms with Crippen LogP contribution in [-0.2, 0) is 16.1 Å². The Morgan fingerprint density at radius 2 is 1.77 bits per heavy atom. The zero-order valence-electron chi connectivity index (χ0n) is 13.7. The lowest BCUT2D eigenvalue weighted by molar-refractivity contribution is -0.145. The molecule has 0 unspecified atom stereocenters. The lowest BCUT2D eigenvalue weighted by atomic mass is 9.96. The summed E-state index contributed by atoms with van der Waals surface area (Å²) in [6, 6.07) is 10.0. The number of hydrogen-bond acceptors (Lipinski definition) is 3. The number of carboxylic acid groups (broad SMARTS) is 1. The lowest BCUT2D eigenvalue weighted by Crippen LogP contribution is -2.26. The number of aliphatic carboxylic acids is 1. The summed E-state index contributed by atoms with van der Waals surface area (Å²) < 4.78 is 5.98. The van der Waals surface area contributed by atoms with Crippen molar-refractivity contribution in [3.8, 4) is 0 Å². The van der Waals surface area contributed by atoms with E-state index in [0.29, 0.717) is 18.9 Å². The maximum atomic E-state index is 10.8. The quantitative estimate of drug-likeness (QED) is 0.694. The molecule has 1 aromatic rings. The van der Waals surface area contributed by atoms with Crippen LogP contribution in [0.25, 0.3) is 0 Å². The predicted octanol–water partition coefficient (Wildman–Crippen LogP) is 3.48. The minimum Gasteiger partial charge on any atom is -0.481 e. The van der Waals surface area contributed by atoms with Gasteiger partial charge in [0.1, 0.15) is 0 Å². The van der Waals surface area contributed by atoms with E-state index in [-0.39, 0.29) is 6.10 Å². The average molecular weight is 308 g/mol. The van der Waals surface area contributed by atoms with Crippen molar-refractivity contribution in [3.05, 3.63) is 35.9 Å². The molecule has 0 aliphatic carbocycles. The molecule has 4 heteroatoms. The van der Waals surface area contributed by atoms with Gasteiger partial charge >= 0.3 is 5.97 Å². The molecule has 22 heavy (non-hydrogen) atoms. The minimum atomic E-state index is -0.951. The number of carboxylic acids is 1. The van der Waals surface area contributed by atoms with Gasteiger partial charge < -0.3 is 14.9 Å². The fraction of sp³-hybridized carbons (Fsp3) is 0.611. The molecule has 0 aromatic heterocycles. The molecule has 0 heterocycles. The summed E-state index contributed by atoms with van der Waals surface area (Å²) in [7, 11) is 0. The third-order valence-corrected chi connectivity index (χ3v) is 4.01. The van der Waals surface area contributed by atoms with Crippen molar-refractivity contribution in [2.45, 2.75) is 58.8 Å². The first kappa shape index (κ1) is 18.7. The van der Waals surface area contributed by atoms with Crippen LogP contribution < -0.4 is 0 Å². The van der Waals surface area contributed by atoms with Gasteiger partial charge in [0, 0.05) is 0 Å². The standard InChI is InChI=1S/C18H28O4/c1-13(2)17(22-12-15-8-5-4-6-9-15)11-7-10-16(19)14(3)18(20)21/h4-6,8-9,13-14,16-17,19H,7,10-12H2,1-3H3,(H,20,21)/t14-,16-,17+/m1/s1. The Labute approximate surface area is 133 Å². The molecule has 0 radical (unpaired) electrons. The Morgan fingerprint density at radius 1 is 1.14 bits per heavy atom. The van der Waals surface area contributed by atoms with E-state index >= 15 is 0 Å². The SMILES string of the molecule is CC(C)[C@H](CCC[C@@H](O)[C@@H](C)C(=O)O)OCc1ccccc1. The van der Waals surface area contributed by atoms with Crippen LogP contribution in [0.15, 0.2) is 30.3 Å². The summed E-state index contributed by atoms with van der Waals surface area (Å²) in [5.41, 5.74) is 1.15. The second-order valence-electron chi connectivity index (χ2n) is 6.20. The topological polar surface area (TPSA) is 66.8 Å². The fourth-order valence-corrected chi connectivity index (χ4v) is 2.33. The van der Waals surface area contributed by atoms with Crippen molar-refractivity contribution < 1.29 is 19.7 Å². The summed E-state index contributed by atoms with van der Waals surface area (Å²) in [6.45, 7) is 6.36. The number of aliphatic hydroxyl groups is 1. The van der Waals surface area contributed by atoms with Gasteiger partial charge in [0.15, 0.2) is 0 Å². The van der Waals surface area contributed by atoms with E-state index in [0.717, 1.165) is 18.4 Å². The van der Waals surface area contributed by atoms with E-state index in [9.17, 15) is 9.90 Å². The Morgan fingerprint density at radius 3 is 2.32 bits per heavy atom. The van der Waals surface area contributed by atoms with Gasteiger partial charge in [-0.05, 0) is 37.7 Å². The second kappa shape index (κ2) is 9.59. The van der Waals surface area contributed by atoms with Crippen LogP contribution in [0.5, 0.6) is 0 Å². The molecule has 0 amide bonds. The third kappa shape index (κ3) is 6.58. The average Bonchev–Trinajstić information content (AvgIpc) is 2.50. The highest BCUT2D eigenvalue weighted by atomic mass is 16.5. The Kier molecular flexibility index (Phi) is 8.13. The van der Waals surface area contributed by atoms with Crippen molar-refractivity contribution in [3.63, 3.8) is 0 Å². The van der Waals surface area contributed by atoms with E-state index in [2.05, 4.69) is 13.8 Å². The van der Waals surface area contributed by atoms with Gasteiger partial charge in [-0.15, -0.1) is 0 Å². The zero-order valence-corrected chi connectivity index (χ0v) is 13.7. The van der Waals surface area contributed by atoms with Crippen LogP contribution in [0.4, 0.5) is 0 Å². The van der Waals surface area contributed by atoms with E-state index in [4.69, 9.17) is 9.84 Å². The molecule has 1 rings (SSSR count). The molecule has 0 aliphatic rings. The van der Waals surface area contributed by atoms with Gasteiger partial charge in [-0.1, -0.05) is 44.2 Å². The maximum Gasteiger partial charge on any atom is 0.308 e. The summed E-state index contributed by atoms with van der Waals surface area (Å²) in [5.74, 6) is -1.28. The van der Waals surface area contributed by atoms with Crippen molar-refractivity contribution in [2.75, 3.05) is 0 Å². The molecule has 1 aromatic carbocycles. The number of rotatable bonds is 10. The molecule has 3 atom stereocenters. The number of hydrogen-bond donors (Lipinski definition) is 2. The van der Waals surface area contributed by atoms with Crippen molar-refractivity contribution in [2.24, 2.45) is 11.8 Å². The van der Waals surface area contributed by atoms with Crippen molar-refractivity contribution in [1.82, 2.24) is 0 Å². The van der Waals surface area contributed by atoms with Crippen LogP contribution in [0, 0.1) is 11.8 Å². The maximum absolute atomic E-state index is 10.8. The molecule has 0 saturated carbocycles. The van der Waals surface area contributed by atoms with Gasteiger partial charge in [0.05, 0.1) is 24.7 Å². The first-order valence-corrected chi connectivity index (χ1v) is 7.98. The van der Waals surface area contributed by atoms with Gasteiger partial charge in [0.2, 0.25) is 0 Å². The minimum absolute atomic E-state index is 0.118. The molecule has 0 fully saturated rings. The van der Waals surface area contributed by atoms with E-state index in [1.54, 1.807) is 6.92 Å². The number of benzene rings is 1. The molecule has 0 bridgehead atoms. The van der Waals surface area contributed by atoms with E-state index in [1.165, 1.54) is 0 Å². The smallest absolute Gasteiger partial charge is 0.308 e. The molecule has 124 valence electrons. The van der Waals surface area contributed by atoms with Crippen molar-refractivity contribution in [1.29, 1.82) is 0 Å². The second-order valence-corrected chi connectivity index (χ2v) is 6.20. The highest BCUT2D eigenvalue weighted by Crippen LogP contribution is 2.19. The summed E-state index contributed by atoms with van der Waals surface area (Å²) in [6.07, 6.45) is 1.40. The monoisotopic (exact) mass is 308 g/mol. The number of ether oxygens (including phenoxy) is 1. The molecule has 0 saturated heterocycles. The molecular weight excluding hydrogens is 280 g/mol. The van der Waals surface area contributed by atoms with Gasteiger partial charge in [-0.2, -0.15) is 0 Å². The van der Waals surface area contributed by atoms with Gasteiger partial charge in [-0.25, -0.2) is 0 Å². The van der Waals surface area contributed by atoms with Crippen molar-refractivity contribution >= 4 is 5.97 Å². The van der Waals surface area contributed by atoms with Gasteiger partial charge in [0.25, 0.3) is 0 Å². The Bertz CT molecular complexity index is 430. The lowest BCUT2D eigenvalue weighted by Gasteiger charge is -2.23. The normalized spacial score (nSPS) is 15.5. The fourth-order valence-electron chi connectivity index (χ4n) is 2.33. The van der Waals surface area contributed by atoms with Crippen LogP contribution >= 0.6 is 0 Å². The van der Waals surface area contributed by atoms with E-state index in [1.807, 2.05) is 30.3 Å². The molecule has 2 N–H and O–H groups in total. The molecule has 4 nitrogen and oxygen atoms in total. The summed E-state index contributed by atoms with van der Waals surface area (Å²) in [5, 5.41) is 18.7. The summed E-state index contributed by atoms with van der Waals surface area (Å²) >= 11 is 0. The molecule has 0 spiro atoms. The van der Waals surface area contributed by atoms with Crippen LogP contribution in [-0.4, -0.2) is 28.4 Å². The first-order chi connectivity index (χ1) is 10.4. The number of aliphatic hydroxyl groups excluding tert-OH is 1.